The Morgan fingerprint density at radius 2 is 1.21 bits per heavy atom. The highest BCUT2D eigenvalue weighted by Gasteiger charge is 2.20. The molecule has 0 heterocycles. The maximum atomic E-state index is 12.6. The van der Waals surface area contributed by atoms with Crippen molar-refractivity contribution in [3.05, 3.63) is 68.2 Å². The molecule has 0 N–H and O–H groups in total. The van der Waals surface area contributed by atoms with Crippen molar-refractivity contribution in [2.24, 2.45) is 0 Å². The van der Waals surface area contributed by atoms with E-state index < -0.39 is 11.9 Å². The molecule has 0 saturated carbocycles. The average molecular weight is 514 g/mol. The molecule has 2 aromatic rings. The van der Waals surface area contributed by atoms with Gasteiger partial charge in [0.2, 0.25) is 0 Å². The summed E-state index contributed by atoms with van der Waals surface area (Å²) in [6, 6.07) is 9.47. The molecule has 0 atom stereocenters. The number of ether oxygens (including phenoxy) is 2. The molecule has 33 heavy (non-hydrogen) atoms. The van der Waals surface area contributed by atoms with Crippen molar-refractivity contribution >= 4 is 46.7 Å². The third-order valence-corrected chi connectivity index (χ3v) is 6.19. The minimum Gasteiger partial charge on any atom is -0.462 e. The molecule has 0 saturated heterocycles. The Bertz CT molecular complexity index is 891. The van der Waals surface area contributed by atoms with E-state index >= 15 is 0 Å². The first kappa shape index (κ1) is 27.5. The highest BCUT2D eigenvalue weighted by molar-refractivity contribution is 6.39. The molecule has 180 valence electrons. The highest BCUT2D eigenvalue weighted by atomic mass is 35.5. The van der Waals surface area contributed by atoms with Crippen molar-refractivity contribution in [1.82, 2.24) is 0 Å². The number of benzene rings is 2. The molecule has 0 unspecified atom stereocenters. The SMILES string of the molecule is CCCCCCCCCCCOC(=O)c1ccccc1C(=O)OCc1c(Cl)cc(Cl)cc1Cl. The molecule has 0 radical (unpaired) electrons. The van der Waals surface area contributed by atoms with Gasteiger partial charge in [-0.2, -0.15) is 0 Å². The van der Waals surface area contributed by atoms with E-state index in [1.807, 2.05) is 0 Å². The van der Waals surface area contributed by atoms with Crippen LogP contribution < -0.4 is 0 Å². The van der Waals surface area contributed by atoms with Crippen molar-refractivity contribution in [3.8, 4) is 0 Å². The lowest BCUT2D eigenvalue weighted by atomic mass is 10.1. The third kappa shape index (κ3) is 9.56. The van der Waals surface area contributed by atoms with E-state index in [-0.39, 0.29) is 17.7 Å². The summed E-state index contributed by atoms with van der Waals surface area (Å²) in [5.41, 5.74) is 0.754. The predicted octanol–water partition coefficient (Wildman–Crippen LogP) is 8.69. The fourth-order valence-electron chi connectivity index (χ4n) is 3.42. The van der Waals surface area contributed by atoms with Crippen molar-refractivity contribution in [2.75, 3.05) is 6.61 Å². The zero-order chi connectivity index (χ0) is 24.1. The molecule has 0 aliphatic carbocycles. The van der Waals surface area contributed by atoms with Gasteiger partial charge in [0.15, 0.2) is 0 Å². The Morgan fingerprint density at radius 1 is 0.727 bits per heavy atom. The molecule has 7 heteroatoms. The lowest BCUT2D eigenvalue weighted by Crippen LogP contribution is -2.14. The van der Waals surface area contributed by atoms with Crippen molar-refractivity contribution < 1.29 is 19.1 Å². The summed E-state index contributed by atoms with van der Waals surface area (Å²) < 4.78 is 10.7. The largest absolute Gasteiger partial charge is 0.462 e. The zero-order valence-corrected chi connectivity index (χ0v) is 21.3. The van der Waals surface area contributed by atoms with Gasteiger partial charge in [-0.05, 0) is 30.7 Å². The minimum atomic E-state index is -0.660. The molecule has 2 rings (SSSR count). The van der Waals surface area contributed by atoms with E-state index in [1.165, 1.54) is 56.7 Å². The second-order valence-corrected chi connectivity index (χ2v) is 9.18. The molecule has 0 bridgehead atoms. The number of rotatable bonds is 14. The van der Waals surface area contributed by atoms with Gasteiger partial charge in [0.1, 0.15) is 6.61 Å². The van der Waals surface area contributed by atoms with Crippen LogP contribution in [-0.4, -0.2) is 18.5 Å². The molecule has 0 spiro atoms. The molecule has 0 amide bonds. The Morgan fingerprint density at radius 3 is 1.76 bits per heavy atom. The first-order valence-electron chi connectivity index (χ1n) is 11.5. The molecular formula is C26H31Cl3O4. The first-order chi connectivity index (χ1) is 15.9. The average Bonchev–Trinajstić information content (AvgIpc) is 2.79. The summed E-state index contributed by atoms with van der Waals surface area (Å²) in [5.74, 6) is -1.20. The van der Waals surface area contributed by atoms with E-state index in [9.17, 15) is 9.59 Å². The Balaban J connectivity index is 1.80. The molecule has 0 aromatic heterocycles. The van der Waals surface area contributed by atoms with Crippen LogP contribution in [0.5, 0.6) is 0 Å². The summed E-state index contributed by atoms with van der Waals surface area (Å²) in [6.07, 6.45) is 10.6. The lowest BCUT2D eigenvalue weighted by Gasteiger charge is -2.11. The number of halogens is 3. The van der Waals surface area contributed by atoms with Crippen LogP contribution in [0, 0.1) is 0 Å². The number of unbranched alkanes of at least 4 members (excludes halogenated alkanes) is 8. The van der Waals surface area contributed by atoms with E-state index in [0.29, 0.717) is 27.2 Å². The maximum absolute atomic E-state index is 12.6. The van der Waals surface area contributed by atoms with Gasteiger partial charge in [-0.1, -0.05) is 105 Å². The van der Waals surface area contributed by atoms with Gasteiger partial charge in [0, 0.05) is 10.6 Å². The topological polar surface area (TPSA) is 52.6 Å². The smallest absolute Gasteiger partial charge is 0.339 e. The van der Waals surface area contributed by atoms with Gasteiger partial charge >= 0.3 is 11.9 Å². The third-order valence-electron chi connectivity index (χ3n) is 5.30. The van der Waals surface area contributed by atoms with E-state index in [0.717, 1.165) is 19.3 Å². The number of hydrogen-bond donors (Lipinski definition) is 0. The number of esters is 2. The summed E-state index contributed by atoms with van der Waals surface area (Å²) in [5, 5.41) is 0.989. The highest BCUT2D eigenvalue weighted by Crippen LogP contribution is 2.30. The van der Waals surface area contributed by atoms with Gasteiger partial charge in [-0.3, -0.25) is 0 Å². The fourth-order valence-corrected chi connectivity index (χ4v) is 4.35. The van der Waals surface area contributed by atoms with Gasteiger partial charge in [0.25, 0.3) is 0 Å². The molecule has 0 aliphatic heterocycles. The second-order valence-electron chi connectivity index (χ2n) is 7.93. The van der Waals surface area contributed by atoms with Gasteiger partial charge in [-0.25, -0.2) is 9.59 Å². The zero-order valence-electron chi connectivity index (χ0n) is 19.0. The molecule has 2 aromatic carbocycles. The second kappa shape index (κ2) is 15.2. The van der Waals surface area contributed by atoms with Crippen LogP contribution in [0.1, 0.15) is 91.0 Å². The Kier molecular flexibility index (Phi) is 12.7. The standard InChI is InChI=1S/C26H31Cl3O4/c1-2-3-4-5-6-7-8-9-12-15-32-25(30)20-13-10-11-14-21(20)26(31)33-18-22-23(28)16-19(27)17-24(22)29/h10-11,13-14,16-17H,2-9,12,15,18H2,1H3. The van der Waals surface area contributed by atoms with Crippen molar-refractivity contribution in [1.29, 1.82) is 0 Å². The van der Waals surface area contributed by atoms with E-state index in [2.05, 4.69) is 6.92 Å². The number of carbonyl (C=O) groups excluding carboxylic acids is 2. The van der Waals surface area contributed by atoms with Crippen molar-refractivity contribution in [3.63, 3.8) is 0 Å². The molecule has 0 aliphatic rings. The number of hydrogen-bond acceptors (Lipinski definition) is 4. The summed E-state index contributed by atoms with van der Waals surface area (Å²) in [6.45, 7) is 2.40. The Hall–Kier alpha value is -1.75. The molecule has 0 fully saturated rings. The van der Waals surface area contributed by atoms with Crippen LogP contribution in [0.4, 0.5) is 0 Å². The van der Waals surface area contributed by atoms with Gasteiger partial charge < -0.3 is 9.47 Å². The monoisotopic (exact) mass is 512 g/mol. The lowest BCUT2D eigenvalue weighted by molar-refractivity contribution is 0.0436. The van der Waals surface area contributed by atoms with Crippen LogP contribution >= 0.6 is 34.8 Å². The normalized spacial score (nSPS) is 10.8. The summed E-state index contributed by atoms with van der Waals surface area (Å²) in [4.78, 5) is 25.2. The minimum absolute atomic E-state index is 0.135. The van der Waals surface area contributed by atoms with Crippen LogP contribution in [0.3, 0.4) is 0 Å². The van der Waals surface area contributed by atoms with Gasteiger partial charge in [-0.15, -0.1) is 0 Å². The predicted molar refractivity (Wildman–Crippen MR) is 135 cm³/mol. The Labute approximate surface area is 211 Å². The molecule has 4 nitrogen and oxygen atoms in total. The quantitative estimate of drug-likeness (QED) is 0.187. The molecular weight excluding hydrogens is 483 g/mol. The van der Waals surface area contributed by atoms with Crippen LogP contribution in [0.15, 0.2) is 36.4 Å². The van der Waals surface area contributed by atoms with Crippen LogP contribution in [0.2, 0.25) is 15.1 Å². The summed E-state index contributed by atoms with van der Waals surface area (Å²) >= 11 is 18.2. The number of carbonyl (C=O) groups is 2. The fraction of sp³-hybridized carbons (Fsp3) is 0.462. The maximum Gasteiger partial charge on any atom is 0.339 e. The first-order valence-corrected chi connectivity index (χ1v) is 12.6. The summed E-state index contributed by atoms with van der Waals surface area (Å²) in [7, 11) is 0. The van der Waals surface area contributed by atoms with E-state index in [1.54, 1.807) is 18.2 Å². The van der Waals surface area contributed by atoms with E-state index in [4.69, 9.17) is 44.3 Å². The van der Waals surface area contributed by atoms with Crippen LogP contribution in [0.25, 0.3) is 0 Å². The van der Waals surface area contributed by atoms with Gasteiger partial charge in [0.05, 0.1) is 27.8 Å². The van der Waals surface area contributed by atoms with Crippen molar-refractivity contribution in [2.45, 2.75) is 71.3 Å². The van der Waals surface area contributed by atoms with Crippen LogP contribution in [-0.2, 0) is 16.1 Å².